The third kappa shape index (κ3) is 3.17. The predicted octanol–water partition coefficient (Wildman–Crippen LogP) is 2.83. The zero-order valence-electron chi connectivity index (χ0n) is 12.4. The molecule has 0 unspecified atom stereocenters. The lowest BCUT2D eigenvalue weighted by Crippen LogP contribution is -2.35. The highest BCUT2D eigenvalue weighted by Gasteiger charge is 2.17. The Kier molecular flexibility index (Phi) is 5.08. The van der Waals surface area contributed by atoms with Gasteiger partial charge in [-0.1, -0.05) is 18.2 Å². The van der Waals surface area contributed by atoms with E-state index < -0.39 is 0 Å². The number of rotatable bonds is 4. The van der Waals surface area contributed by atoms with E-state index in [1.807, 2.05) is 0 Å². The molecule has 0 amide bonds. The fourth-order valence-electron chi connectivity index (χ4n) is 3.01. The Labute approximate surface area is 127 Å². The predicted molar refractivity (Wildman–Crippen MR) is 87.6 cm³/mol. The zero-order valence-corrected chi connectivity index (χ0v) is 13.2. The van der Waals surface area contributed by atoms with Crippen LogP contribution in [0.15, 0.2) is 30.3 Å². The van der Waals surface area contributed by atoms with Gasteiger partial charge in [0, 0.05) is 30.8 Å². The van der Waals surface area contributed by atoms with Crippen molar-refractivity contribution in [1.29, 1.82) is 0 Å². The van der Waals surface area contributed by atoms with E-state index in [-0.39, 0.29) is 12.4 Å². The zero-order chi connectivity index (χ0) is 13.2. The molecule has 3 rings (SSSR count). The van der Waals surface area contributed by atoms with E-state index in [9.17, 15) is 0 Å². The maximum Gasteiger partial charge on any atom is 0.0483 e. The Morgan fingerprint density at radius 2 is 1.95 bits per heavy atom. The van der Waals surface area contributed by atoms with Gasteiger partial charge in [-0.15, -0.1) is 12.4 Å². The molecule has 1 aromatic heterocycles. The molecule has 0 radical (unpaired) electrons. The van der Waals surface area contributed by atoms with Gasteiger partial charge in [0.2, 0.25) is 0 Å². The van der Waals surface area contributed by atoms with Crippen LogP contribution in [-0.2, 0) is 13.1 Å². The molecule has 0 atom stereocenters. The first kappa shape index (κ1) is 15.4. The summed E-state index contributed by atoms with van der Waals surface area (Å²) in [7, 11) is 4.29. The minimum atomic E-state index is 0. The first-order valence-corrected chi connectivity index (χ1v) is 7.18. The number of hydrogen-bond donors (Lipinski definition) is 0. The van der Waals surface area contributed by atoms with Gasteiger partial charge in [-0.2, -0.15) is 0 Å². The van der Waals surface area contributed by atoms with E-state index in [4.69, 9.17) is 0 Å². The molecule has 3 nitrogen and oxygen atoms in total. The third-order valence-electron chi connectivity index (χ3n) is 4.00. The maximum atomic E-state index is 2.58. The van der Waals surface area contributed by atoms with Crippen molar-refractivity contribution in [1.82, 2.24) is 14.4 Å². The number of para-hydroxylation sites is 1. The van der Waals surface area contributed by atoms with Crippen LogP contribution >= 0.6 is 12.4 Å². The molecule has 4 heteroatoms. The van der Waals surface area contributed by atoms with Crippen molar-refractivity contribution in [3.63, 3.8) is 0 Å². The van der Waals surface area contributed by atoms with Crippen molar-refractivity contribution in [3.05, 3.63) is 36.0 Å². The summed E-state index contributed by atoms with van der Waals surface area (Å²) in [6.07, 6.45) is 1.26. The molecule has 1 aliphatic rings. The molecule has 0 N–H and O–H groups in total. The van der Waals surface area contributed by atoms with Crippen LogP contribution in [0.25, 0.3) is 10.9 Å². The van der Waals surface area contributed by atoms with Gasteiger partial charge in [0.15, 0.2) is 0 Å². The fraction of sp³-hybridized carbons (Fsp3) is 0.500. The summed E-state index contributed by atoms with van der Waals surface area (Å²) in [6.45, 7) is 5.80. The van der Waals surface area contributed by atoms with Crippen molar-refractivity contribution in [2.75, 3.05) is 33.7 Å². The molecule has 0 saturated heterocycles. The molecule has 0 spiro atoms. The second-order valence-corrected chi connectivity index (χ2v) is 5.78. The van der Waals surface area contributed by atoms with Crippen LogP contribution in [0.2, 0.25) is 0 Å². The van der Waals surface area contributed by atoms with Gasteiger partial charge in [-0.3, -0.25) is 4.90 Å². The van der Waals surface area contributed by atoms with Gasteiger partial charge < -0.3 is 9.47 Å². The van der Waals surface area contributed by atoms with Crippen LogP contribution in [0.1, 0.15) is 12.1 Å². The molecule has 20 heavy (non-hydrogen) atoms. The van der Waals surface area contributed by atoms with E-state index in [1.54, 1.807) is 0 Å². The van der Waals surface area contributed by atoms with E-state index in [0.29, 0.717) is 0 Å². The molecule has 1 aromatic carbocycles. The lowest BCUT2D eigenvalue weighted by atomic mass is 10.2. The highest BCUT2D eigenvalue weighted by atomic mass is 35.5. The first-order valence-electron chi connectivity index (χ1n) is 7.18. The van der Waals surface area contributed by atoms with Gasteiger partial charge in [-0.05, 0) is 51.1 Å². The van der Waals surface area contributed by atoms with Gasteiger partial charge >= 0.3 is 0 Å². The first-order chi connectivity index (χ1) is 9.24. The van der Waals surface area contributed by atoms with Gasteiger partial charge in [-0.25, -0.2) is 0 Å². The van der Waals surface area contributed by atoms with Crippen molar-refractivity contribution in [3.8, 4) is 0 Å². The summed E-state index contributed by atoms with van der Waals surface area (Å²) >= 11 is 0. The average molecular weight is 294 g/mol. The summed E-state index contributed by atoms with van der Waals surface area (Å²) in [5.74, 6) is 0. The molecule has 0 fully saturated rings. The van der Waals surface area contributed by atoms with Crippen molar-refractivity contribution in [2.24, 2.45) is 0 Å². The van der Waals surface area contributed by atoms with Crippen LogP contribution in [0.3, 0.4) is 0 Å². The van der Waals surface area contributed by atoms with Crippen LogP contribution in [0.5, 0.6) is 0 Å². The Balaban J connectivity index is 0.00000147. The number of hydrogen-bond acceptors (Lipinski definition) is 2. The number of halogens is 1. The molecule has 0 bridgehead atoms. The molecule has 0 saturated carbocycles. The number of aromatic nitrogens is 1. The SMILES string of the molecule is CN(C)CCCN1CCn2c(cc3ccccc32)C1.Cl. The highest BCUT2D eigenvalue weighted by molar-refractivity contribution is 5.85. The smallest absolute Gasteiger partial charge is 0.0483 e. The van der Waals surface area contributed by atoms with Crippen LogP contribution < -0.4 is 0 Å². The summed E-state index contributed by atoms with van der Waals surface area (Å²) in [4.78, 5) is 4.85. The Morgan fingerprint density at radius 3 is 2.75 bits per heavy atom. The van der Waals surface area contributed by atoms with Crippen molar-refractivity contribution in [2.45, 2.75) is 19.5 Å². The minimum absolute atomic E-state index is 0. The average Bonchev–Trinajstić information content (AvgIpc) is 2.76. The quantitative estimate of drug-likeness (QED) is 0.859. The minimum Gasteiger partial charge on any atom is -0.342 e. The summed E-state index contributed by atoms with van der Waals surface area (Å²) in [5, 5.41) is 1.38. The van der Waals surface area contributed by atoms with E-state index in [2.05, 4.69) is 58.8 Å². The summed E-state index contributed by atoms with van der Waals surface area (Å²) in [5.41, 5.74) is 2.86. The third-order valence-corrected chi connectivity index (χ3v) is 4.00. The van der Waals surface area contributed by atoms with Crippen LogP contribution in [0.4, 0.5) is 0 Å². The normalized spacial score (nSPS) is 15.3. The molecule has 110 valence electrons. The van der Waals surface area contributed by atoms with E-state index in [0.717, 1.165) is 13.1 Å². The van der Waals surface area contributed by atoms with Crippen molar-refractivity contribution >= 4 is 23.3 Å². The second kappa shape index (κ2) is 6.61. The van der Waals surface area contributed by atoms with Crippen LogP contribution in [0, 0.1) is 0 Å². The van der Waals surface area contributed by atoms with Gasteiger partial charge in [0.25, 0.3) is 0 Å². The highest BCUT2D eigenvalue weighted by Crippen LogP contribution is 2.23. The summed E-state index contributed by atoms with van der Waals surface area (Å²) < 4.78 is 2.48. The molecule has 1 aliphatic heterocycles. The Hall–Kier alpha value is -1.03. The Bertz CT molecular complexity index is 562. The second-order valence-electron chi connectivity index (χ2n) is 5.78. The largest absolute Gasteiger partial charge is 0.342 e. The summed E-state index contributed by atoms with van der Waals surface area (Å²) in [6, 6.07) is 11.1. The monoisotopic (exact) mass is 293 g/mol. The van der Waals surface area contributed by atoms with E-state index >= 15 is 0 Å². The number of fused-ring (bicyclic) bond motifs is 3. The molecule has 0 aliphatic carbocycles. The van der Waals surface area contributed by atoms with Gasteiger partial charge in [0.05, 0.1) is 0 Å². The standard InChI is InChI=1S/C16H23N3.ClH/c1-17(2)8-5-9-18-10-11-19-15(13-18)12-14-6-3-4-7-16(14)19;/h3-4,6-7,12H,5,8-11,13H2,1-2H3;1H. The fourth-order valence-corrected chi connectivity index (χ4v) is 3.01. The number of nitrogens with zero attached hydrogens (tertiary/aromatic N) is 3. The van der Waals surface area contributed by atoms with Crippen molar-refractivity contribution < 1.29 is 0 Å². The van der Waals surface area contributed by atoms with Gasteiger partial charge in [0.1, 0.15) is 0 Å². The molecular weight excluding hydrogens is 270 g/mol. The topological polar surface area (TPSA) is 11.4 Å². The molecular formula is C16H24ClN3. The maximum absolute atomic E-state index is 2.58. The molecule has 2 heterocycles. The lowest BCUT2D eigenvalue weighted by molar-refractivity contribution is 0.212. The molecule has 2 aromatic rings. The Morgan fingerprint density at radius 1 is 1.15 bits per heavy atom. The van der Waals surface area contributed by atoms with Crippen LogP contribution in [-0.4, -0.2) is 48.1 Å². The number of benzene rings is 1. The van der Waals surface area contributed by atoms with E-state index in [1.165, 1.54) is 42.7 Å². The lowest BCUT2D eigenvalue weighted by Gasteiger charge is -2.29.